The van der Waals surface area contributed by atoms with Gasteiger partial charge in [-0.3, -0.25) is 4.90 Å². The molecule has 2 aromatic rings. The maximum Gasteiger partial charge on any atom is 0.416 e. The Labute approximate surface area is 239 Å². The number of halogens is 3. The topological polar surface area (TPSA) is 91.3 Å². The number of nitrogens with zero attached hydrogens (tertiary/aromatic N) is 2. The maximum atomic E-state index is 13.6. The third-order valence-corrected chi connectivity index (χ3v) is 7.34. The van der Waals surface area contributed by atoms with Crippen molar-refractivity contribution in [2.24, 2.45) is 11.3 Å². The van der Waals surface area contributed by atoms with Crippen molar-refractivity contribution < 1.29 is 37.3 Å². The minimum atomic E-state index is -4.55. The van der Waals surface area contributed by atoms with E-state index in [-0.39, 0.29) is 17.9 Å². The maximum absolute atomic E-state index is 13.6. The van der Waals surface area contributed by atoms with Crippen molar-refractivity contribution in [3.8, 4) is 5.75 Å². The summed E-state index contributed by atoms with van der Waals surface area (Å²) in [4.78, 5) is 29.7. The molecule has 4 unspecified atom stereocenters. The van der Waals surface area contributed by atoms with Gasteiger partial charge in [0.05, 0.1) is 24.8 Å². The van der Waals surface area contributed by atoms with Crippen molar-refractivity contribution in [1.82, 2.24) is 10.2 Å². The van der Waals surface area contributed by atoms with E-state index in [4.69, 9.17) is 9.47 Å². The molecule has 0 radical (unpaired) electrons. The summed E-state index contributed by atoms with van der Waals surface area (Å²) < 4.78 is 51.6. The van der Waals surface area contributed by atoms with E-state index in [2.05, 4.69) is 5.32 Å². The summed E-state index contributed by atoms with van der Waals surface area (Å²) in [7, 11) is 5.06. The standard InChI is InChI=1S/C30H40F3N3O5/c1-17(2)41-28(39)36-25(20-11-9-10-12-21(20)35(6)7)24(23(29(3,4)5)26(36)27(37)38)34-16-18-15-19(30(31,32)33)13-14-22(18)40-8/h9-15,17,23-26,34H,16H2,1-8H3,(H,37,38). The zero-order valence-corrected chi connectivity index (χ0v) is 24.7. The van der Waals surface area contributed by atoms with Crippen LogP contribution >= 0.6 is 0 Å². The second kappa shape index (κ2) is 12.2. The molecule has 226 valence electrons. The van der Waals surface area contributed by atoms with Crippen LogP contribution in [0.5, 0.6) is 5.75 Å². The lowest BCUT2D eigenvalue weighted by molar-refractivity contribution is -0.145. The monoisotopic (exact) mass is 579 g/mol. The Morgan fingerprint density at radius 1 is 1.10 bits per heavy atom. The molecule has 1 aliphatic rings. The second-order valence-corrected chi connectivity index (χ2v) is 11.8. The van der Waals surface area contributed by atoms with Crippen LogP contribution in [0.15, 0.2) is 42.5 Å². The number of carbonyl (C=O) groups is 2. The normalized spacial score (nSPS) is 21.2. The Bertz CT molecular complexity index is 1240. The minimum Gasteiger partial charge on any atom is -0.496 e. The van der Waals surface area contributed by atoms with Crippen molar-refractivity contribution >= 4 is 17.7 Å². The summed E-state index contributed by atoms with van der Waals surface area (Å²) in [5, 5.41) is 13.9. The van der Waals surface area contributed by atoms with Gasteiger partial charge in [-0.15, -0.1) is 0 Å². The number of hydrogen-bond donors (Lipinski definition) is 2. The zero-order valence-electron chi connectivity index (χ0n) is 24.7. The van der Waals surface area contributed by atoms with E-state index < -0.39 is 59.4 Å². The molecule has 0 spiro atoms. The smallest absolute Gasteiger partial charge is 0.416 e. The summed E-state index contributed by atoms with van der Waals surface area (Å²) in [5.41, 5.74) is 0.238. The fourth-order valence-corrected chi connectivity index (χ4v) is 5.73. The first-order valence-corrected chi connectivity index (χ1v) is 13.4. The van der Waals surface area contributed by atoms with E-state index in [1.54, 1.807) is 19.9 Å². The van der Waals surface area contributed by atoms with E-state index in [1.807, 2.05) is 58.0 Å². The van der Waals surface area contributed by atoms with E-state index in [0.29, 0.717) is 5.56 Å². The number of anilines is 1. The van der Waals surface area contributed by atoms with Gasteiger partial charge in [-0.05, 0) is 49.1 Å². The Kier molecular flexibility index (Phi) is 9.52. The van der Waals surface area contributed by atoms with Gasteiger partial charge in [0.15, 0.2) is 0 Å². The molecule has 2 aromatic carbocycles. The molecule has 11 heteroatoms. The number of nitrogens with one attached hydrogen (secondary N) is 1. The van der Waals surface area contributed by atoms with Crippen LogP contribution in [0, 0.1) is 11.3 Å². The number of para-hydroxylation sites is 1. The van der Waals surface area contributed by atoms with Crippen LogP contribution in [0.2, 0.25) is 0 Å². The third kappa shape index (κ3) is 6.89. The molecule has 41 heavy (non-hydrogen) atoms. The van der Waals surface area contributed by atoms with Crippen LogP contribution in [-0.4, -0.2) is 61.5 Å². The SMILES string of the molecule is COc1ccc(C(F)(F)F)cc1CNC1C(c2ccccc2N(C)C)N(C(=O)OC(C)C)C(C(=O)O)C1C(C)(C)C. The predicted octanol–water partition coefficient (Wildman–Crippen LogP) is 5.96. The van der Waals surface area contributed by atoms with E-state index in [0.717, 1.165) is 17.8 Å². The van der Waals surface area contributed by atoms with Crippen LogP contribution in [-0.2, 0) is 22.3 Å². The number of methoxy groups -OCH3 is 1. The lowest BCUT2D eigenvalue weighted by Crippen LogP contribution is -2.48. The third-order valence-electron chi connectivity index (χ3n) is 7.34. The summed E-state index contributed by atoms with van der Waals surface area (Å²) in [6.07, 6.45) is -5.83. The van der Waals surface area contributed by atoms with Crippen LogP contribution in [0.3, 0.4) is 0 Å². The largest absolute Gasteiger partial charge is 0.496 e. The number of alkyl halides is 3. The first kappa shape index (κ1) is 32.0. The molecular formula is C30H40F3N3O5. The quantitative estimate of drug-likeness (QED) is 0.399. The molecule has 0 aromatic heterocycles. The molecule has 1 amide bonds. The number of rotatable bonds is 8. The summed E-state index contributed by atoms with van der Waals surface area (Å²) in [6.45, 7) is 8.97. The molecule has 2 N–H and O–H groups in total. The van der Waals surface area contributed by atoms with Crippen molar-refractivity contribution in [3.63, 3.8) is 0 Å². The highest BCUT2D eigenvalue weighted by Gasteiger charge is 2.59. The van der Waals surface area contributed by atoms with Crippen LogP contribution in [0.1, 0.15) is 57.4 Å². The van der Waals surface area contributed by atoms with Crippen LogP contribution in [0.4, 0.5) is 23.7 Å². The molecule has 0 saturated carbocycles. The number of carboxylic acid groups (broad SMARTS) is 1. The fourth-order valence-electron chi connectivity index (χ4n) is 5.73. The number of carboxylic acids is 1. The highest BCUT2D eigenvalue weighted by Crippen LogP contribution is 2.50. The Balaban J connectivity index is 2.24. The van der Waals surface area contributed by atoms with Gasteiger partial charge in [0.25, 0.3) is 0 Å². The molecular weight excluding hydrogens is 539 g/mol. The zero-order chi connectivity index (χ0) is 30.9. The van der Waals surface area contributed by atoms with Crippen molar-refractivity contribution in [2.45, 2.75) is 71.6 Å². The van der Waals surface area contributed by atoms with Crippen LogP contribution < -0.4 is 15.0 Å². The first-order valence-electron chi connectivity index (χ1n) is 13.4. The van der Waals surface area contributed by atoms with E-state index in [9.17, 15) is 27.9 Å². The number of likely N-dealkylation sites (tertiary alicyclic amines) is 1. The number of amides is 1. The summed E-state index contributed by atoms with van der Waals surface area (Å²) in [5.74, 6) is -1.59. The number of ether oxygens (including phenoxy) is 2. The first-order chi connectivity index (χ1) is 19.0. The molecule has 0 bridgehead atoms. The summed E-state index contributed by atoms with van der Waals surface area (Å²) >= 11 is 0. The lowest BCUT2D eigenvalue weighted by Gasteiger charge is -2.35. The van der Waals surface area contributed by atoms with Gasteiger partial charge in [-0.25, -0.2) is 9.59 Å². The average Bonchev–Trinajstić information content (AvgIpc) is 3.22. The number of benzene rings is 2. The van der Waals surface area contributed by atoms with Gasteiger partial charge >= 0.3 is 18.2 Å². The van der Waals surface area contributed by atoms with Gasteiger partial charge in [-0.1, -0.05) is 39.0 Å². The number of carbonyl (C=O) groups excluding carboxylic acids is 1. The van der Waals surface area contributed by atoms with Gasteiger partial charge in [0.1, 0.15) is 11.8 Å². The predicted molar refractivity (Wildman–Crippen MR) is 150 cm³/mol. The molecule has 1 heterocycles. The second-order valence-electron chi connectivity index (χ2n) is 11.8. The highest BCUT2D eigenvalue weighted by atomic mass is 19.4. The molecule has 1 saturated heterocycles. The van der Waals surface area contributed by atoms with Crippen molar-refractivity contribution in [1.29, 1.82) is 0 Å². The number of aliphatic carboxylic acids is 1. The van der Waals surface area contributed by atoms with Gasteiger partial charge < -0.3 is 24.8 Å². The van der Waals surface area contributed by atoms with Crippen molar-refractivity contribution in [2.75, 3.05) is 26.1 Å². The lowest BCUT2D eigenvalue weighted by atomic mass is 9.72. The van der Waals surface area contributed by atoms with Gasteiger partial charge in [0.2, 0.25) is 0 Å². The molecule has 3 rings (SSSR count). The van der Waals surface area contributed by atoms with Gasteiger partial charge in [0, 0.05) is 43.9 Å². The van der Waals surface area contributed by atoms with E-state index >= 15 is 0 Å². The minimum absolute atomic E-state index is 0.0651. The molecule has 8 nitrogen and oxygen atoms in total. The highest BCUT2D eigenvalue weighted by molar-refractivity contribution is 5.83. The molecule has 1 aliphatic heterocycles. The summed E-state index contributed by atoms with van der Waals surface area (Å²) in [6, 6.07) is 7.82. The van der Waals surface area contributed by atoms with E-state index in [1.165, 1.54) is 18.1 Å². The Morgan fingerprint density at radius 3 is 2.24 bits per heavy atom. The Morgan fingerprint density at radius 2 is 1.73 bits per heavy atom. The fraction of sp³-hybridized carbons (Fsp3) is 0.533. The Hall–Kier alpha value is -3.47. The molecule has 1 fully saturated rings. The van der Waals surface area contributed by atoms with Gasteiger partial charge in [-0.2, -0.15) is 13.2 Å². The average molecular weight is 580 g/mol. The van der Waals surface area contributed by atoms with Crippen molar-refractivity contribution in [3.05, 3.63) is 59.2 Å². The molecule has 4 atom stereocenters. The molecule has 0 aliphatic carbocycles. The van der Waals surface area contributed by atoms with Crippen LogP contribution in [0.25, 0.3) is 0 Å². The number of hydrogen-bond acceptors (Lipinski definition) is 6.